The van der Waals surface area contributed by atoms with Gasteiger partial charge in [-0.1, -0.05) is 53.5 Å². The molecule has 0 amide bonds. The molecule has 0 radical (unpaired) electrons. The number of hydrogen-bond acceptors (Lipinski definition) is 3. The van der Waals surface area contributed by atoms with Crippen LogP contribution in [0.2, 0.25) is 10.0 Å². The van der Waals surface area contributed by atoms with E-state index in [1.54, 1.807) is 30.4 Å². The molecule has 1 unspecified atom stereocenters. The molecule has 2 aliphatic rings. The van der Waals surface area contributed by atoms with Crippen LogP contribution in [0.1, 0.15) is 12.5 Å². The number of aliphatic hydroxyl groups is 1. The molecule has 6 heteroatoms. The highest BCUT2D eigenvalue weighted by Gasteiger charge is 2.21. The van der Waals surface area contributed by atoms with Crippen molar-refractivity contribution in [1.29, 1.82) is 0 Å². The van der Waals surface area contributed by atoms with E-state index >= 15 is 0 Å². The van der Waals surface area contributed by atoms with Gasteiger partial charge in [0.2, 0.25) is 0 Å². The maximum absolute atomic E-state index is 10.4. The molecule has 1 N–H and O–H groups in total. The van der Waals surface area contributed by atoms with Gasteiger partial charge in [0.05, 0.1) is 18.5 Å². The standard InChI is InChI=1S/C14H16Cl2N2OS.C6H4/c1-14(19,8-18-5-4-17-10-18)9-20-7-11-2-3-12(15)6-13(11)16;1-2-6-4-3-5(1)6/h2-6,10,19H,7-9H2,1H3;1-4H. The van der Waals surface area contributed by atoms with E-state index in [1.807, 2.05) is 29.8 Å². The molecular weight excluding hydrogens is 387 g/mol. The quantitative estimate of drug-likeness (QED) is 0.480. The number of rotatable bonds is 6. The van der Waals surface area contributed by atoms with Crippen LogP contribution in [0.5, 0.6) is 0 Å². The molecule has 26 heavy (non-hydrogen) atoms. The van der Waals surface area contributed by atoms with Crippen LogP contribution in [0.3, 0.4) is 0 Å². The summed E-state index contributed by atoms with van der Waals surface area (Å²) in [7, 11) is 0. The molecule has 3 nitrogen and oxygen atoms in total. The largest absolute Gasteiger partial charge is 0.387 e. The molecule has 1 atom stereocenters. The Bertz CT molecular complexity index is 908. The van der Waals surface area contributed by atoms with Gasteiger partial charge in [-0.3, -0.25) is 0 Å². The predicted octanol–water partition coefficient (Wildman–Crippen LogP) is 5.16. The maximum Gasteiger partial charge on any atom is 0.0946 e. The van der Waals surface area contributed by atoms with E-state index in [9.17, 15) is 5.11 Å². The first-order valence-corrected chi connectivity index (χ1v) is 10.1. The van der Waals surface area contributed by atoms with Gasteiger partial charge in [0.1, 0.15) is 0 Å². The Balaban J connectivity index is 0.000000269. The Kier molecular flexibility index (Phi) is 6.30. The van der Waals surface area contributed by atoms with Gasteiger partial charge in [0, 0.05) is 33.9 Å². The van der Waals surface area contributed by atoms with E-state index in [0.29, 0.717) is 22.3 Å². The van der Waals surface area contributed by atoms with E-state index in [2.05, 4.69) is 29.2 Å². The van der Waals surface area contributed by atoms with Crippen LogP contribution < -0.4 is 0 Å². The molecule has 0 spiro atoms. The topological polar surface area (TPSA) is 38.0 Å². The van der Waals surface area contributed by atoms with E-state index in [0.717, 1.165) is 11.3 Å². The van der Waals surface area contributed by atoms with E-state index < -0.39 is 5.60 Å². The van der Waals surface area contributed by atoms with Crippen molar-refractivity contribution in [2.24, 2.45) is 0 Å². The molecule has 0 saturated carbocycles. The average Bonchev–Trinajstić information content (AvgIpc) is 3.05. The fourth-order valence-corrected chi connectivity index (χ4v) is 4.16. The average molecular weight is 407 g/mol. The van der Waals surface area contributed by atoms with Crippen LogP contribution in [0.4, 0.5) is 0 Å². The zero-order chi connectivity index (χ0) is 18.6. The van der Waals surface area contributed by atoms with E-state index in [-0.39, 0.29) is 0 Å². The second kappa shape index (κ2) is 8.49. The Morgan fingerprint density at radius 1 is 1.12 bits per heavy atom. The third kappa shape index (κ3) is 5.27. The molecule has 2 aromatic rings. The second-order valence-electron chi connectivity index (χ2n) is 6.54. The molecule has 1 aromatic carbocycles. The highest BCUT2D eigenvalue weighted by atomic mass is 35.5. The minimum Gasteiger partial charge on any atom is -0.387 e. The fraction of sp³-hybridized carbons (Fsp3) is 0.250. The van der Waals surface area contributed by atoms with Crippen molar-refractivity contribution in [3.05, 3.63) is 87.2 Å². The molecule has 136 valence electrons. The van der Waals surface area contributed by atoms with E-state index in [4.69, 9.17) is 23.2 Å². The van der Waals surface area contributed by atoms with Gasteiger partial charge in [0.25, 0.3) is 0 Å². The number of halogens is 2. The minimum atomic E-state index is -0.787. The van der Waals surface area contributed by atoms with Crippen LogP contribution in [0.25, 0.3) is 0 Å². The van der Waals surface area contributed by atoms with Crippen LogP contribution in [-0.2, 0) is 12.3 Å². The SMILES string of the molecule is CC(O)(CSCc1ccc(Cl)cc1Cl)Cn1ccnc1.c1cc2ccc1=2. The number of thioether (sulfide) groups is 1. The summed E-state index contributed by atoms with van der Waals surface area (Å²) in [5, 5.41) is 14.5. The fourth-order valence-electron chi connectivity index (χ4n) is 2.50. The lowest BCUT2D eigenvalue weighted by molar-refractivity contribution is 0.0665. The summed E-state index contributed by atoms with van der Waals surface area (Å²) in [5.41, 5.74) is 0.240. The van der Waals surface area contributed by atoms with Crippen molar-refractivity contribution in [3.8, 4) is 0 Å². The van der Waals surface area contributed by atoms with Crippen molar-refractivity contribution in [2.45, 2.75) is 24.8 Å². The van der Waals surface area contributed by atoms with Crippen molar-refractivity contribution in [2.75, 3.05) is 5.75 Å². The van der Waals surface area contributed by atoms with Gasteiger partial charge in [-0.15, -0.1) is 0 Å². The highest BCUT2D eigenvalue weighted by Crippen LogP contribution is 2.26. The molecule has 0 fully saturated rings. The Labute approximate surface area is 167 Å². The summed E-state index contributed by atoms with van der Waals surface area (Å²) in [5.74, 6) is 1.36. The second-order valence-corrected chi connectivity index (χ2v) is 8.37. The van der Waals surface area contributed by atoms with Crippen LogP contribution >= 0.6 is 35.0 Å². The zero-order valence-electron chi connectivity index (χ0n) is 14.4. The van der Waals surface area contributed by atoms with E-state index in [1.165, 1.54) is 10.4 Å². The van der Waals surface area contributed by atoms with Crippen LogP contribution in [-0.4, -0.2) is 26.0 Å². The summed E-state index contributed by atoms with van der Waals surface area (Å²) < 4.78 is 1.87. The number of aromatic nitrogens is 2. The lowest BCUT2D eigenvalue weighted by Gasteiger charge is -2.23. The highest BCUT2D eigenvalue weighted by molar-refractivity contribution is 7.98. The lowest BCUT2D eigenvalue weighted by atomic mass is 10.1. The molecule has 0 saturated heterocycles. The third-order valence-corrected chi connectivity index (χ3v) is 5.91. The van der Waals surface area contributed by atoms with Crippen molar-refractivity contribution >= 4 is 35.0 Å². The first-order chi connectivity index (χ1) is 12.4. The number of nitrogens with zero attached hydrogens (tertiary/aromatic N) is 2. The number of hydrogen-bond donors (Lipinski definition) is 1. The van der Waals surface area contributed by atoms with Gasteiger partial charge in [0.15, 0.2) is 0 Å². The summed E-state index contributed by atoms with van der Waals surface area (Å²) >= 11 is 13.6. The first kappa shape index (κ1) is 19.3. The summed E-state index contributed by atoms with van der Waals surface area (Å²) in [4.78, 5) is 3.97. The molecule has 0 bridgehead atoms. The monoisotopic (exact) mass is 406 g/mol. The molecule has 0 aliphatic heterocycles. The zero-order valence-corrected chi connectivity index (χ0v) is 16.7. The molecule has 1 heterocycles. The Hall–Kier alpha value is -1.46. The smallest absolute Gasteiger partial charge is 0.0946 e. The Morgan fingerprint density at radius 3 is 2.31 bits per heavy atom. The molecule has 4 rings (SSSR count). The maximum atomic E-state index is 10.4. The summed E-state index contributed by atoms with van der Waals surface area (Å²) in [6.07, 6.45) is 5.25. The molecule has 2 aliphatic carbocycles. The van der Waals surface area contributed by atoms with Gasteiger partial charge in [-0.05, 0) is 35.1 Å². The Morgan fingerprint density at radius 2 is 1.81 bits per heavy atom. The van der Waals surface area contributed by atoms with Crippen molar-refractivity contribution < 1.29 is 5.11 Å². The molecular formula is C20H20Cl2N2OS. The van der Waals surface area contributed by atoms with Crippen molar-refractivity contribution in [1.82, 2.24) is 9.55 Å². The molecule has 1 aromatic heterocycles. The summed E-state index contributed by atoms with van der Waals surface area (Å²) in [6, 6.07) is 14.0. The van der Waals surface area contributed by atoms with Gasteiger partial charge in [-0.2, -0.15) is 11.8 Å². The van der Waals surface area contributed by atoms with Gasteiger partial charge < -0.3 is 9.67 Å². The predicted molar refractivity (Wildman–Crippen MR) is 110 cm³/mol. The normalized spacial score (nSPS) is 13.5. The van der Waals surface area contributed by atoms with Crippen LogP contribution in [0, 0.1) is 10.4 Å². The van der Waals surface area contributed by atoms with Crippen LogP contribution in [0.15, 0.2) is 61.2 Å². The third-order valence-electron chi connectivity index (χ3n) is 3.99. The lowest BCUT2D eigenvalue weighted by Crippen LogP contribution is -2.32. The van der Waals surface area contributed by atoms with Crippen molar-refractivity contribution in [3.63, 3.8) is 0 Å². The first-order valence-electron chi connectivity index (χ1n) is 8.23. The van der Waals surface area contributed by atoms with Gasteiger partial charge in [-0.25, -0.2) is 4.98 Å². The number of imidazole rings is 1. The number of benzene rings is 2. The minimum absolute atomic E-state index is 0.522. The summed E-state index contributed by atoms with van der Waals surface area (Å²) in [6.45, 7) is 2.35. The van der Waals surface area contributed by atoms with Gasteiger partial charge >= 0.3 is 0 Å².